The smallest absolute Gasteiger partial charge is 0.116 e. The Hall–Kier alpha value is -0.710. The molecular formula is C9H6OS3. The second-order valence-corrected chi connectivity index (χ2v) is 5.46. The van der Waals surface area contributed by atoms with Crippen molar-refractivity contribution in [1.82, 2.24) is 0 Å². The molecule has 13 heavy (non-hydrogen) atoms. The highest BCUT2D eigenvalue weighted by molar-refractivity contribution is 7.80. The maximum Gasteiger partial charge on any atom is 0.116 e. The Balaban J connectivity index is 2.52. The van der Waals surface area contributed by atoms with Crippen LogP contribution in [0.5, 0.6) is 5.75 Å². The summed E-state index contributed by atoms with van der Waals surface area (Å²) in [4.78, 5) is 1.12. The van der Waals surface area contributed by atoms with Crippen LogP contribution < -0.4 is 0 Å². The summed E-state index contributed by atoms with van der Waals surface area (Å²) in [6.07, 6.45) is 0. The molecule has 0 saturated carbocycles. The molecule has 0 aliphatic heterocycles. The number of phenols is 1. The van der Waals surface area contributed by atoms with E-state index in [2.05, 4.69) is 0 Å². The molecule has 0 radical (unpaired) electrons. The minimum absolute atomic E-state index is 0.293. The topological polar surface area (TPSA) is 20.2 Å². The van der Waals surface area contributed by atoms with Gasteiger partial charge in [-0.3, -0.25) is 0 Å². The van der Waals surface area contributed by atoms with Crippen molar-refractivity contribution in [2.45, 2.75) is 0 Å². The van der Waals surface area contributed by atoms with Crippen molar-refractivity contribution in [2.24, 2.45) is 0 Å². The van der Waals surface area contributed by atoms with Gasteiger partial charge in [0.1, 0.15) is 9.57 Å². The van der Waals surface area contributed by atoms with Gasteiger partial charge in [-0.05, 0) is 23.8 Å². The SMILES string of the molecule is Oc1cccc(-c2cc(=S)ss2)c1. The Kier molecular flexibility index (Phi) is 2.44. The Morgan fingerprint density at radius 3 is 2.62 bits per heavy atom. The molecule has 1 heterocycles. The zero-order valence-electron chi connectivity index (χ0n) is 6.56. The number of hydrogen-bond acceptors (Lipinski definition) is 4. The van der Waals surface area contributed by atoms with Crippen LogP contribution in [0.3, 0.4) is 0 Å². The first-order valence-corrected chi connectivity index (χ1v) is 6.21. The first-order valence-electron chi connectivity index (χ1n) is 3.65. The summed E-state index contributed by atoms with van der Waals surface area (Å²) < 4.78 is 0.892. The zero-order valence-corrected chi connectivity index (χ0v) is 9.01. The maximum atomic E-state index is 9.26. The van der Waals surface area contributed by atoms with E-state index in [1.54, 1.807) is 32.8 Å². The molecule has 0 fully saturated rings. The normalized spacial score (nSPS) is 10.2. The lowest BCUT2D eigenvalue weighted by Crippen LogP contribution is -1.70. The lowest BCUT2D eigenvalue weighted by atomic mass is 10.2. The highest BCUT2D eigenvalue weighted by Gasteiger charge is 2.00. The summed E-state index contributed by atoms with van der Waals surface area (Å²) in [5.41, 5.74) is 1.03. The van der Waals surface area contributed by atoms with Gasteiger partial charge in [0.2, 0.25) is 0 Å². The number of rotatable bonds is 1. The number of benzene rings is 1. The number of aromatic hydroxyl groups is 1. The molecule has 1 aromatic carbocycles. The highest BCUT2D eigenvalue weighted by Crippen LogP contribution is 2.30. The minimum atomic E-state index is 0.293. The summed E-state index contributed by atoms with van der Waals surface area (Å²) >= 11 is 5.03. The fourth-order valence-corrected chi connectivity index (χ4v) is 3.43. The van der Waals surface area contributed by atoms with Gasteiger partial charge in [0.15, 0.2) is 0 Å². The standard InChI is InChI=1S/C9H6OS3/c10-7-3-1-2-6(4-7)8-5-9(11)13-12-8/h1-5,10H. The van der Waals surface area contributed by atoms with Crippen molar-refractivity contribution in [2.75, 3.05) is 0 Å². The predicted octanol–water partition coefficient (Wildman–Crippen LogP) is 3.91. The molecule has 1 nitrogen and oxygen atoms in total. The van der Waals surface area contributed by atoms with Crippen LogP contribution in [0.2, 0.25) is 0 Å². The summed E-state index contributed by atoms with van der Waals surface area (Å²) in [7, 11) is 3.22. The first kappa shape index (κ1) is 8.87. The van der Waals surface area contributed by atoms with E-state index >= 15 is 0 Å². The van der Waals surface area contributed by atoms with Gasteiger partial charge in [-0.15, -0.1) is 0 Å². The third kappa shape index (κ3) is 1.96. The molecule has 0 saturated heterocycles. The summed E-state index contributed by atoms with van der Waals surface area (Å²) in [6, 6.07) is 9.16. The molecule has 0 atom stereocenters. The molecule has 66 valence electrons. The third-order valence-electron chi connectivity index (χ3n) is 1.59. The summed E-state index contributed by atoms with van der Waals surface area (Å²) in [6.45, 7) is 0. The van der Waals surface area contributed by atoms with Crippen molar-refractivity contribution in [3.8, 4) is 16.2 Å². The van der Waals surface area contributed by atoms with Crippen LogP contribution in [0.25, 0.3) is 10.4 Å². The van der Waals surface area contributed by atoms with Gasteiger partial charge in [0.05, 0.1) is 0 Å². The quantitative estimate of drug-likeness (QED) is 0.587. The third-order valence-corrected chi connectivity index (χ3v) is 4.50. The van der Waals surface area contributed by atoms with Crippen LogP contribution in [0.1, 0.15) is 0 Å². The Bertz CT molecular complexity index is 469. The molecule has 4 heteroatoms. The lowest BCUT2D eigenvalue weighted by molar-refractivity contribution is 0.475. The van der Waals surface area contributed by atoms with Gasteiger partial charge >= 0.3 is 0 Å². The first-order chi connectivity index (χ1) is 6.25. The molecule has 1 N–H and O–H groups in total. The van der Waals surface area contributed by atoms with Gasteiger partial charge in [0.25, 0.3) is 0 Å². The van der Waals surface area contributed by atoms with E-state index in [4.69, 9.17) is 12.2 Å². The van der Waals surface area contributed by atoms with E-state index in [1.807, 2.05) is 18.2 Å². The lowest BCUT2D eigenvalue weighted by Gasteiger charge is -1.96. The van der Waals surface area contributed by atoms with E-state index in [-0.39, 0.29) is 0 Å². The van der Waals surface area contributed by atoms with Crippen molar-refractivity contribution >= 4 is 32.9 Å². The second-order valence-electron chi connectivity index (χ2n) is 2.54. The maximum absolute atomic E-state index is 9.26. The summed E-state index contributed by atoms with van der Waals surface area (Å²) in [5.74, 6) is 0.293. The van der Waals surface area contributed by atoms with Crippen molar-refractivity contribution in [1.29, 1.82) is 0 Å². The van der Waals surface area contributed by atoms with Crippen LogP contribution in [0.4, 0.5) is 0 Å². The van der Waals surface area contributed by atoms with Crippen LogP contribution in [-0.4, -0.2) is 5.11 Å². The van der Waals surface area contributed by atoms with E-state index in [0.717, 1.165) is 14.3 Å². The molecular weight excluding hydrogens is 220 g/mol. The van der Waals surface area contributed by atoms with E-state index in [0.29, 0.717) is 5.75 Å². The highest BCUT2D eigenvalue weighted by atomic mass is 32.9. The molecule has 0 amide bonds. The van der Waals surface area contributed by atoms with Crippen LogP contribution in [0.15, 0.2) is 30.3 Å². The number of phenolic OH excluding ortho intramolecular Hbond substituents is 1. The Labute approximate surface area is 88.3 Å². The van der Waals surface area contributed by atoms with Crippen molar-refractivity contribution < 1.29 is 5.11 Å². The van der Waals surface area contributed by atoms with E-state index in [1.165, 1.54) is 0 Å². The molecule has 2 rings (SSSR count). The fraction of sp³-hybridized carbons (Fsp3) is 0. The van der Waals surface area contributed by atoms with Gasteiger partial charge in [-0.1, -0.05) is 45.0 Å². The van der Waals surface area contributed by atoms with Gasteiger partial charge in [-0.2, -0.15) is 0 Å². The van der Waals surface area contributed by atoms with Gasteiger partial charge in [0, 0.05) is 4.88 Å². The molecule has 1 aromatic heterocycles. The molecule has 0 spiro atoms. The predicted molar refractivity (Wildman–Crippen MR) is 60.1 cm³/mol. The average Bonchev–Trinajstić information content (AvgIpc) is 2.52. The van der Waals surface area contributed by atoms with Crippen molar-refractivity contribution in [3.63, 3.8) is 0 Å². The summed E-state index contributed by atoms with van der Waals surface area (Å²) in [5, 5.41) is 9.26. The van der Waals surface area contributed by atoms with Gasteiger partial charge < -0.3 is 5.11 Å². The fourth-order valence-electron chi connectivity index (χ4n) is 1.03. The largest absolute Gasteiger partial charge is 0.508 e. The van der Waals surface area contributed by atoms with Crippen LogP contribution in [-0.2, 0) is 0 Å². The van der Waals surface area contributed by atoms with Crippen molar-refractivity contribution in [3.05, 3.63) is 34.2 Å². The molecule has 0 aliphatic carbocycles. The van der Waals surface area contributed by atoms with E-state index < -0.39 is 0 Å². The second kappa shape index (κ2) is 3.57. The minimum Gasteiger partial charge on any atom is -0.508 e. The van der Waals surface area contributed by atoms with Crippen LogP contribution in [0, 0.1) is 3.82 Å². The Morgan fingerprint density at radius 1 is 1.15 bits per heavy atom. The van der Waals surface area contributed by atoms with E-state index in [9.17, 15) is 5.11 Å². The number of hydrogen-bond donors (Lipinski definition) is 1. The molecule has 0 aliphatic rings. The molecule has 0 unspecified atom stereocenters. The Morgan fingerprint density at radius 2 is 2.00 bits per heavy atom. The average molecular weight is 226 g/mol. The molecule has 2 aromatic rings. The molecule has 0 bridgehead atoms. The van der Waals surface area contributed by atoms with Gasteiger partial charge in [-0.25, -0.2) is 0 Å². The monoisotopic (exact) mass is 226 g/mol. The van der Waals surface area contributed by atoms with Crippen LogP contribution >= 0.6 is 32.9 Å². The zero-order chi connectivity index (χ0) is 9.26.